The number of alkyl halides is 1. The number of hydrogen-bond acceptors (Lipinski definition) is 4. The monoisotopic (exact) mass is 348 g/mol. The molecule has 6 heteroatoms. The number of rotatable bonds is 2. The number of aliphatic hydroxyl groups is 1. The van der Waals surface area contributed by atoms with Gasteiger partial charge in [-0.25, -0.2) is 0 Å². The maximum absolute atomic E-state index is 10.3. The van der Waals surface area contributed by atoms with Gasteiger partial charge in [0.15, 0.2) is 0 Å². The summed E-state index contributed by atoms with van der Waals surface area (Å²) >= 11 is 0. The Morgan fingerprint density at radius 2 is 1.96 bits per heavy atom. The summed E-state index contributed by atoms with van der Waals surface area (Å²) in [4.78, 5) is 4.18. The normalized spacial score (nSPS) is 11.9. The van der Waals surface area contributed by atoms with Gasteiger partial charge in [0.2, 0.25) is 0 Å². The van der Waals surface area contributed by atoms with Crippen molar-refractivity contribution in [3.05, 3.63) is 47.7 Å². The summed E-state index contributed by atoms with van der Waals surface area (Å²) in [5, 5.41) is 17.6. The number of allylic oxidation sites excluding steroid dienone is 3. The molecule has 2 aromatic rings. The maximum atomic E-state index is 10.3. The Morgan fingerprint density at radius 1 is 1.28 bits per heavy atom. The number of halogens is 1. The second-order valence-corrected chi connectivity index (χ2v) is 4.42. The van der Waals surface area contributed by atoms with Crippen LogP contribution < -0.4 is 5.73 Å². The Hall–Kier alpha value is -2.31. The van der Waals surface area contributed by atoms with Crippen molar-refractivity contribution in [1.82, 2.24) is 10.2 Å². The van der Waals surface area contributed by atoms with E-state index in [-0.39, 0.29) is 13.3 Å². The lowest BCUT2D eigenvalue weighted by Crippen LogP contribution is -1.85. The molecule has 1 aliphatic rings. The van der Waals surface area contributed by atoms with Gasteiger partial charge in [-0.3, -0.25) is 14.5 Å². The molecule has 0 radical (unpaired) electrons. The molecule has 1 aromatic heterocycles. The van der Waals surface area contributed by atoms with Crippen molar-refractivity contribution in [3.8, 4) is 0 Å². The topological polar surface area (TPSA) is 87.3 Å². The number of aromatic amines is 1. The fraction of sp³-hybridized carbons (Fsp3) is 0.368. The zero-order chi connectivity index (χ0) is 19.1. The lowest BCUT2D eigenvalue weighted by Gasteiger charge is -1.99. The third-order valence-corrected chi connectivity index (χ3v) is 2.95. The molecule has 0 saturated heterocycles. The van der Waals surface area contributed by atoms with Gasteiger partial charge in [0.05, 0.1) is 31.0 Å². The minimum absolute atomic E-state index is 0.0386. The number of fused-ring (bicyclic) bond motifs is 1. The molecule has 0 aliphatic carbocycles. The first-order valence-corrected chi connectivity index (χ1v) is 8.38. The predicted molar refractivity (Wildman–Crippen MR) is 106 cm³/mol. The Morgan fingerprint density at radius 3 is 2.60 bits per heavy atom. The van der Waals surface area contributed by atoms with Crippen molar-refractivity contribution >= 4 is 22.7 Å². The van der Waals surface area contributed by atoms with Gasteiger partial charge in [-0.15, -0.1) is 0 Å². The summed E-state index contributed by atoms with van der Waals surface area (Å²) in [6.45, 7) is 5.95. The van der Waals surface area contributed by atoms with E-state index < -0.39 is 0 Å². The number of benzene rings is 1. The smallest absolute Gasteiger partial charge is 0.0999 e. The molecule has 0 saturated carbocycles. The van der Waals surface area contributed by atoms with Crippen molar-refractivity contribution in [3.63, 3.8) is 0 Å². The number of nitrogens with two attached hydrogens (primary N) is 1. The van der Waals surface area contributed by atoms with E-state index >= 15 is 0 Å². The van der Waals surface area contributed by atoms with E-state index in [4.69, 9.17) is 0 Å². The third-order valence-electron chi connectivity index (χ3n) is 2.95. The highest BCUT2D eigenvalue weighted by atomic mass is 19.1. The quantitative estimate of drug-likeness (QED) is 0.774. The largest absolute Gasteiger partial charge is 0.392 e. The summed E-state index contributed by atoms with van der Waals surface area (Å²) in [7, 11) is 1.50. The van der Waals surface area contributed by atoms with E-state index in [0.29, 0.717) is 6.54 Å². The van der Waals surface area contributed by atoms with Crippen molar-refractivity contribution in [2.75, 3.05) is 20.3 Å². The number of hydrogen-bond donors (Lipinski definition) is 3. The van der Waals surface area contributed by atoms with Gasteiger partial charge >= 0.3 is 0 Å². The second-order valence-electron chi connectivity index (χ2n) is 4.42. The van der Waals surface area contributed by atoms with Gasteiger partial charge < -0.3 is 10.8 Å². The van der Waals surface area contributed by atoms with E-state index in [1.54, 1.807) is 6.21 Å². The van der Waals surface area contributed by atoms with E-state index in [9.17, 15) is 9.50 Å². The molecule has 1 aromatic carbocycles. The second kappa shape index (κ2) is 14.1. The van der Waals surface area contributed by atoms with E-state index in [1.807, 2.05) is 50.3 Å². The highest BCUT2D eigenvalue weighted by molar-refractivity contribution is 5.97. The van der Waals surface area contributed by atoms with Gasteiger partial charge in [0.25, 0.3) is 0 Å². The van der Waals surface area contributed by atoms with Crippen LogP contribution in [0.5, 0.6) is 0 Å². The Balaban J connectivity index is 0.000000728. The first-order valence-electron chi connectivity index (χ1n) is 8.38. The molecule has 3 rings (SSSR count). The average molecular weight is 348 g/mol. The van der Waals surface area contributed by atoms with Crippen molar-refractivity contribution in [2.45, 2.75) is 27.4 Å². The molecule has 138 valence electrons. The lowest BCUT2D eigenvalue weighted by molar-refractivity contribution is 0.282. The number of aliphatic imine (C=N–C) groups is 1. The molecule has 5 nitrogen and oxygen atoms in total. The van der Waals surface area contributed by atoms with E-state index in [2.05, 4.69) is 20.9 Å². The molecule has 25 heavy (non-hydrogen) atoms. The zero-order valence-corrected chi connectivity index (χ0v) is 15.5. The number of aromatic nitrogens is 2. The first kappa shape index (κ1) is 22.7. The standard InChI is InChI=1S/C14H13N3O.C2H5F.C2H6.CH5N/c18-9-10-3-4-13-12(8-10)14(17-16-13)11-2-1-6-15-7-5-11;1-2-3;2*1-2/h1-5,7-8,18H,6,9H2,(H,16,17);2H2,1H3;1-2H3;2H2,1H3. The van der Waals surface area contributed by atoms with Crippen LogP contribution in [0.25, 0.3) is 16.5 Å². The van der Waals surface area contributed by atoms with Crippen molar-refractivity contribution < 1.29 is 9.50 Å². The summed E-state index contributed by atoms with van der Waals surface area (Å²) in [5.74, 6) is 0. The molecule has 0 atom stereocenters. The lowest BCUT2D eigenvalue weighted by atomic mass is 10.1. The van der Waals surface area contributed by atoms with Crippen LogP contribution in [0.3, 0.4) is 0 Å². The molecule has 0 unspecified atom stereocenters. The molecule has 0 bridgehead atoms. The van der Waals surface area contributed by atoms with Gasteiger partial charge in [-0.05, 0) is 37.7 Å². The molecule has 0 fully saturated rings. The Labute approximate surface area is 149 Å². The number of H-pyrrole nitrogens is 1. The zero-order valence-electron chi connectivity index (χ0n) is 15.5. The minimum Gasteiger partial charge on any atom is -0.392 e. The Bertz CT molecular complexity index is 690. The van der Waals surface area contributed by atoms with Crippen molar-refractivity contribution in [2.24, 2.45) is 10.7 Å². The SMILES string of the molecule is CC.CCF.CN.OCc1ccc2[nH]nc(C3=CC=NCC=C3)c2c1. The van der Waals surface area contributed by atoms with Gasteiger partial charge in [0, 0.05) is 17.2 Å². The minimum atomic E-state index is -0.250. The first-order chi connectivity index (χ1) is 12.3. The Kier molecular flexibility index (Phi) is 12.8. The number of nitrogens with one attached hydrogen (secondary N) is 1. The van der Waals surface area contributed by atoms with Crippen LogP contribution in [0.4, 0.5) is 4.39 Å². The fourth-order valence-electron chi connectivity index (χ4n) is 2.03. The molecule has 0 spiro atoms. The average Bonchev–Trinajstić information content (AvgIpc) is 2.90. The van der Waals surface area contributed by atoms with Crippen LogP contribution in [0.1, 0.15) is 32.0 Å². The predicted octanol–water partition coefficient (Wildman–Crippen LogP) is 3.66. The van der Waals surface area contributed by atoms with Crippen molar-refractivity contribution in [1.29, 1.82) is 0 Å². The summed E-state index contributed by atoms with van der Waals surface area (Å²) in [6, 6.07) is 5.79. The van der Waals surface area contributed by atoms with E-state index in [0.717, 1.165) is 27.7 Å². The molecular formula is C19H29FN4O. The molecular weight excluding hydrogens is 319 g/mol. The van der Waals surface area contributed by atoms with Crippen LogP contribution in [-0.4, -0.2) is 41.8 Å². The highest BCUT2D eigenvalue weighted by Crippen LogP contribution is 2.25. The van der Waals surface area contributed by atoms with E-state index in [1.165, 1.54) is 14.0 Å². The van der Waals surface area contributed by atoms with Crippen LogP contribution in [-0.2, 0) is 6.61 Å². The number of nitrogens with zero attached hydrogens (tertiary/aromatic N) is 2. The molecule has 1 aliphatic heterocycles. The van der Waals surface area contributed by atoms with Crippen LogP contribution in [0, 0.1) is 0 Å². The van der Waals surface area contributed by atoms with Gasteiger partial charge in [-0.1, -0.05) is 32.1 Å². The molecule has 2 heterocycles. The number of aliphatic hydroxyl groups excluding tert-OH is 1. The van der Waals surface area contributed by atoms with Crippen LogP contribution >= 0.6 is 0 Å². The molecule has 0 amide bonds. The van der Waals surface area contributed by atoms with Gasteiger partial charge in [0.1, 0.15) is 0 Å². The summed E-state index contributed by atoms with van der Waals surface area (Å²) in [6.07, 6.45) is 7.77. The summed E-state index contributed by atoms with van der Waals surface area (Å²) < 4.78 is 10.3. The maximum Gasteiger partial charge on any atom is 0.0999 e. The fourth-order valence-corrected chi connectivity index (χ4v) is 2.03. The third kappa shape index (κ3) is 6.99. The van der Waals surface area contributed by atoms with Crippen LogP contribution in [0.2, 0.25) is 0 Å². The highest BCUT2D eigenvalue weighted by Gasteiger charge is 2.09. The van der Waals surface area contributed by atoms with Crippen LogP contribution in [0.15, 0.2) is 41.4 Å². The van der Waals surface area contributed by atoms with Gasteiger partial charge in [-0.2, -0.15) is 5.10 Å². The molecule has 4 N–H and O–H groups in total. The summed E-state index contributed by atoms with van der Waals surface area (Å²) in [5.41, 5.74) is 8.28.